The molecule has 14 heavy (non-hydrogen) atoms. The molecule has 0 aliphatic rings. The van der Waals surface area contributed by atoms with Gasteiger partial charge in [-0.3, -0.25) is 10.1 Å². The van der Waals surface area contributed by atoms with Crippen molar-refractivity contribution in [3.05, 3.63) is 27.4 Å². The highest BCUT2D eigenvalue weighted by molar-refractivity contribution is 7.99. The van der Waals surface area contributed by atoms with Crippen molar-refractivity contribution in [3.63, 3.8) is 0 Å². The topological polar surface area (TPSA) is 56.0 Å². The van der Waals surface area contributed by atoms with Crippen molar-refractivity contribution >= 4 is 29.1 Å². The maximum Gasteiger partial charge on any atom is 0.275 e. The van der Waals surface area contributed by atoms with Crippen LogP contribution in [-0.4, -0.2) is 15.7 Å². The zero-order valence-corrected chi connectivity index (χ0v) is 9.14. The molecule has 76 valence electrons. The van der Waals surface area contributed by atoms with Crippen LogP contribution in [0, 0.1) is 10.1 Å². The van der Waals surface area contributed by atoms with Crippen LogP contribution in [-0.2, 0) is 0 Å². The summed E-state index contributed by atoms with van der Waals surface area (Å²) in [4.78, 5) is 14.0. The third kappa shape index (κ3) is 3.16. The van der Waals surface area contributed by atoms with Gasteiger partial charge in [-0.15, -0.1) is 11.8 Å². The highest BCUT2D eigenvalue weighted by atomic mass is 35.5. The van der Waals surface area contributed by atoms with Crippen LogP contribution in [0.1, 0.15) is 13.3 Å². The molecule has 1 aromatic rings. The molecule has 0 fully saturated rings. The number of hydrogen-bond acceptors (Lipinski definition) is 4. The van der Waals surface area contributed by atoms with Crippen molar-refractivity contribution in [2.75, 3.05) is 5.75 Å². The Labute approximate surface area is 90.8 Å². The van der Waals surface area contributed by atoms with E-state index in [-0.39, 0.29) is 10.8 Å². The molecule has 1 rings (SSSR count). The zero-order chi connectivity index (χ0) is 10.6. The second kappa shape index (κ2) is 5.17. The minimum Gasteiger partial charge on any atom is -0.258 e. The van der Waals surface area contributed by atoms with Gasteiger partial charge in [0.05, 0.1) is 11.0 Å². The SMILES string of the molecule is CCCSc1cc([N+](=O)[O-])cc(Cl)n1. The van der Waals surface area contributed by atoms with Crippen molar-refractivity contribution < 1.29 is 4.92 Å². The predicted molar refractivity (Wildman–Crippen MR) is 56.9 cm³/mol. The van der Waals surface area contributed by atoms with Crippen molar-refractivity contribution in [3.8, 4) is 0 Å². The highest BCUT2D eigenvalue weighted by Gasteiger charge is 2.09. The maximum absolute atomic E-state index is 10.5. The maximum atomic E-state index is 10.5. The molecule has 0 spiro atoms. The number of aromatic nitrogens is 1. The van der Waals surface area contributed by atoms with Crippen molar-refractivity contribution in [1.82, 2.24) is 4.98 Å². The smallest absolute Gasteiger partial charge is 0.258 e. The summed E-state index contributed by atoms with van der Waals surface area (Å²) in [5, 5.41) is 11.3. The van der Waals surface area contributed by atoms with E-state index in [4.69, 9.17) is 11.6 Å². The Morgan fingerprint density at radius 2 is 2.36 bits per heavy atom. The van der Waals surface area contributed by atoms with Crippen molar-refractivity contribution in [2.24, 2.45) is 0 Å². The molecule has 0 saturated carbocycles. The van der Waals surface area contributed by atoms with Gasteiger partial charge in [-0.1, -0.05) is 18.5 Å². The molecule has 0 aliphatic carbocycles. The highest BCUT2D eigenvalue weighted by Crippen LogP contribution is 2.24. The van der Waals surface area contributed by atoms with Crippen LogP contribution in [0.5, 0.6) is 0 Å². The fourth-order valence-corrected chi connectivity index (χ4v) is 1.88. The number of nitrogens with zero attached hydrogens (tertiary/aromatic N) is 2. The van der Waals surface area contributed by atoms with Crippen LogP contribution in [0.2, 0.25) is 5.15 Å². The van der Waals surface area contributed by atoms with Gasteiger partial charge < -0.3 is 0 Å². The number of hydrogen-bond donors (Lipinski definition) is 0. The molecule has 0 unspecified atom stereocenters. The average Bonchev–Trinajstić information content (AvgIpc) is 2.14. The molecule has 0 radical (unpaired) electrons. The molecule has 1 heterocycles. The van der Waals surface area contributed by atoms with Crippen LogP contribution in [0.15, 0.2) is 17.2 Å². The average molecular weight is 233 g/mol. The Balaban J connectivity index is 2.89. The summed E-state index contributed by atoms with van der Waals surface area (Å²) >= 11 is 7.11. The van der Waals surface area contributed by atoms with E-state index in [1.54, 1.807) is 0 Å². The summed E-state index contributed by atoms with van der Waals surface area (Å²) in [5.41, 5.74) is -0.0106. The van der Waals surface area contributed by atoms with Gasteiger partial charge in [-0.25, -0.2) is 4.98 Å². The second-order valence-corrected chi connectivity index (χ2v) is 4.09. The van der Waals surface area contributed by atoms with E-state index >= 15 is 0 Å². The first-order chi connectivity index (χ1) is 6.63. The van der Waals surface area contributed by atoms with E-state index in [9.17, 15) is 10.1 Å². The summed E-state index contributed by atoms with van der Waals surface area (Å²) in [6, 6.07) is 2.68. The van der Waals surface area contributed by atoms with Crippen LogP contribution < -0.4 is 0 Å². The van der Waals surface area contributed by atoms with E-state index < -0.39 is 4.92 Å². The largest absolute Gasteiger partial charge is 0.275 e. The summed E-state index contributed by atoms with van der Waals surface area (Å²) in [5.74, 6) is 0.879. The standard InChI is InChI=1S/C8H9ClN2O2S/c1-2-3-14-8-5-6(11(12)13)4-7(9)10-8/h4-5H,2-3H2,1H3. The van der Waals surface area contributed by atoms with E-state index in [1.165, 1.54) is 23.9 Å². The van der Waals surface area contributed by atoms with Gasteiger partial charge in [-0.2, -0.15) is 0 Å². The normalized spacial score (nSPS) is 10.1. The lowest BCUT2D eigenvalue weighted by atomic mass is 10.4. The van der Waals surface area contributed by atoms with Crippen molar-refractivity contribution in [1.29, 1.82) is 0 Å². The minimum atomic E-state index is -0.469. The van der Waals surface area contributed by atoms with Gasteiger partial charge in [0.15, 0.2) is 0 Å². The first-order valence-corrected chi connectivity index (χ1v) is 5.44. The number of pyridine rings is 1. The molecule has 1 aromatic heterocycles. The predicted octanol–water partition coefficient (Wildman–Crippen LogP) is 3.15. The third-order valence-corrected chi connectivity index (χ3v) is 2.73. The Morgan fingerprint density at radius 1 is 1.64 bits per heavy atom. The first-order valence-electron chi connectivity index (χ1n) is 4.08. The van der Waals surface area contributed by atoms with Gasteiger partial charge in [-0.05, 0) is 12.2 Å². The second-order valence-electron chi connectivity index (χ2n) is 2.59. The quantitative estimate of drug-likeness (QED) is 0.346. The van der Waals surface area contributed by atoms with Gasteiger partial charge in [0, 0.05) is 6.07 Å². The number of nitro groups is 1. The van der Waals surface area contributed by atoms with E-state index in [1.807, 2.05) is 6.92 Å². The molecular formula is C8H9ClN2O2S. The first kappa shape index (κ1) is 11.3. The van der Waals surface area contributed by atoms with Crippen LogP contribution >= 0.6 is 23.4 Å². The summed E-state index contributed by atoms with van der Waals surface area (Å²) in [7, 11) is 0. The Hall–Kier alpha value is -0.810. The molecule has 0 amide bonds. The van der Waals surface area contributed by atoms with E-state index in [0.29, 0.717) is 5.03 Å². The molecule has 0 N–H and O–H groups in total. The van der Waals surface area contributed by atoms with Crippen molar-refractivity contribution in [2.45, 2.75) is 18.4 Å². The third-order valence-electron chi connectivity index (χ3n) is 1.42. The lowest BCUT2D eigenvalue weighted by molar-refractivity contribution is -0.385. The van der Waals surface area contributed by atoms with E-state index in [0.717, 1.165) is 12.2 Å². The van der Waals surface area contributed by atoms with Crippen LogP contribution in [0.3, 0.4) is 0 Å². The Kier molecular flexibility index (Phi) is 4.16. The lowest BCUT2D eigenvalue weighted by Gasteiger charge is -1.99. The number of halogens is 1. The fourth-order valence-electron chi connectivity index (χ4n) is 0.846. The molecule has 0 atom stereocenters. The molecule has 4 nitrogen and oxygen atoms in total. The van der Waals surface area contributed by atoms with E-state index in [2.05, 4.69) is 4.98 Å². The Bertz CT molecular complexity index is 346. The fraction of sp³-hybridized carbons (Fsp3) is 0.375. The molecular weight excluding hydrogens is 224 g/mol. The van der Waals surface area contributed by atoms with Gasteiger partial charge >= 0.3 is 0 Å². The monoisotopic (exact) mass is 232 g/mol. The van der Waals surface area contributed by atoms with Crippen LogP contribution in [0.25, 0.3) is 0 Å². The lowest BCUT2D eigenvalue weighted by Crippen LogP contribution is -1.91. The number of thioether (sulfide) groups is 1. The minimum absolute atomic E-state index is 0.0106. The van der Waals surface area contributed by atoms with Gasteiger partial charge in [0.2, 0.25) is 0 Å². The summed E-state index contributed by atoms with van der Waals surface area (Å²) in [6.07, 6.45) is 0.993. The number of rotatable bonds is 4. The molecule has 0 aliphatic heterocycles. The molecule has 6 heteroatoms. The molecule has 0 bridgehead atoms. The Morgan fingerprint density at radius 3 is 2.93 bits per heavy atom. The van der Waals surface area contributed by atoms with Gasteiger partial charge in [0.25, 0.3) is 5.69 Å². The van der Waals surface area contributed by atoms with Crippen LogP contribution in [0.4, 0.5) is 5.69 Å². The molecule has 0 aromatic carbocycles. The molecule has 0 saturated heterocycles. The zero-order valence-electron chi connectivity index (χ0n) is 7.57. The summed E-state index contributed by atoms with van der Waals surface area (Å²) < 4.78 is 0. The van der Waals surface area contributed by atoms with Gasteiger partial charge in [0.1, 0.15) is 10.2 Å². The summed E-state index contributed by atoms with van der Waals surface area (Å²) in [6.45, 7) is 2.03.